The minimum atomic E-state index is -3.73. The molecule has 0 saturated carbocycles. The molecule has 1 aromatic heterocycles. The van der Waals surface area contributed by atoms with Gasteiger partial charge in [0.15, 0.2) is 4.90 Å². The number of aromatic nitrogens is 2. The maximum Gasteiger partial charge on any atom is 0.245 e. The van der Waals surface area contributed by atoms with Gasteiger partial charge in [0.2, 0.25) is 15.9 Å². The second-order valence-corrected chi connectivity index (χ2v) is 5.16. The van der Waals surface area contributed by atoms with Crippen LogP contribution in [0.2, 0.25) is 0 Å². The van der Waals surface area contributed by atoms with Crippen LogP contribution in [0.5, 0.6) is 5.88 Å². The zero-order chi connectivity index (χ0) is 11.1. The quantitative estimate of drug-likeness (QED) is 0.773. The molecule has 1 aliphatic heterocycles. The zero-order valence-corrected chi connectivity index (χ0v) is 9.20. The van der Waals surface area contributed by atoms with Crippen molar-refractivity contribution in [1.82, 2.24) is 9.78 Å². The Morgan fingerprint density at radius 1 is 1.73 bits per heavy atom. The third kappa shape index (κ3) is 1.84. The lowest BCUT2D eigenvalue weighted by Gasteiger charge is -2.23. The molecule has 0 amide bonds. The van der Waals surface area contributed by atoms with E-state index in [1.165, 1.54) is 6.20 Å². The predicted octanol–water partition coefficient (Wildman–Crippen LogP) is -0.0509. The molecule has 0 saturated heterocycles. The SMILES string of the molecule is CC[C@@H]1COc2c(S(N)(=O)=O)cnn2C1. The predicted molar refractivity (Wildman–Crippen MR) is 52.9 cm³/mol. The van der Waals surface area contributed by atoms with Crippen molar-refractivity contribution in [1.29, 1.82) is 0 Å². The molecular weight excluding hydrogens is 218 g/mol. The van der Waals surface area contributed by atoms with E-state index in [1.807, 2.05) is 0 Å². The molecule has 6 nitrogen and oxygen atoms in total. The number of rotatable bonds is 2. The second kappa shape index (κ2) is 3.49. The van der Waals surface area contributed by atoms with Crippen LogP contribution in [0, 0.1) is 5.92 Å². The van der Waals surface area contributed by atoms with Crippen LogP contribution in [-0.4, -0.2) is 24.8 Å². The molecule has 7 heteroatoms. The first-order valence-corrected chi connectivity index (χ1v) is 6.28. The highest BCUT2D eigenvalue weighted by Gasteiger charge is 2.26. The largest absolute Gasteiger partial charge is 0.477 e. The van der Waals surface area contributed by atoms with E-state index in [0.29, 0.717) is 19.1 Å². The lowest BCUT2D eigenvalue weighted by Crippen LogP contribution is -2.26. The van der Waals surface area contributed by atoms with Crippen LogP contribution in [0.3, 0.4) is 0 Å². The van der Waals surface area contributed by atoms with E-state index >= 15 is 0 Å². The van der Waals surface area contributed by atoms with E-state index in [0.717, 1.165) is 6.42 Å². The summed E-state index contributed by atoms with van der Waals surface area (Å²) in [5.41, 5.74) is 0. The van der Waals surface area contributed by atoms with Crippen LogP contribution < -0.4 is 9.88 Å². The van der Waals surface area contributed by atoms with Gasteiger partial charge in [-0.2, -0.15) is 5.10 Å². The first kappa shape index (κ1) is 10.4. The Kier molecular flexibility index (Phi) is 2.43. The molecule has 0 unspecified atom stereocenters. The summed E-state index contributed by atoms with van der Waals surface area (Å²) in [6, 6.07) is 0. The molecule has 0 radical (unpaired) electrons. The van der Waals surface area contributed by atoms with Crippen molar-refractivity contribution in [3.05, 3.63) is 6.20 Å². The van der Waals surface area contributed by atoms with E-state index in [2.05, 4.69) is 12.0 Å². The van der Waals surface area contributed by atoms with Crippen LogP contribution in [0.25, 0.3) is 0 Å². The van der Waals surface area contributed by atoms with Crippen LogP contribution >= 0.6 is 0 Å². The number of ether oxygens (including phenoxy) is 1. The summed E-state index contributed by atoms with van der Waals surface area (Å²) in [5, 5.41) is 8.99. The molecule has 1 aliphatic rings. The number of nitrogens with zero attached hydrogens (tertiary/aromatic N) is 2. The van der Waals surface area contributed by atoms with Crippen LogP contribution in [0.4, 0.5) is 0 Å². The maximum absolute atomic E-state index is 11.2. The van der Waals surface area contributed by atoms with Gasteiger partial charge in [-0.25, -0.2) is 18.2 Å². The Bertz CT molecular complexity index is 465. The average Bonchev–Trinajstić information content (AvgIpc) is 2.59. The minimum Gasteiger partial charge on any atom is -0.477 e. The highest BCUT2D eigenvalue weighted by molar-refractivity contribution is 7.89. The smallest absolute Gasteiger partial charge is 0.245 e. The molecular formula is C8H13N3O3S. The van der Waals surface area contributed by atoms with Gasteiger partial charge in [0.05, 0.1) is 19.3 Å². The van der Waals surface area contributed by atoms with Gasteiger partial charge >= 0.3 is 0 Å². The van der Waals surface area contributed by atoms with Gasteiger partial charge in [-0.3, -0.25) is 0 Å². The summed E-state index contributed by atoms with van der Waals surface area (Å²) < 4.78 is 29.2. The lowest BCUT2D eigenvalue weighted by molar-refractivity contribution is 0.157. The van der Waals surface area contributed by atoms with Gasteiger partial charge in [-0.05, 0) is 6.42 Å². The fraction of sp³-hybridized carbons (Fsp3) is 0.625. The molecule has 0 spiro atoms. The number of hydrogen-bond donors (Lipinski definition) is 1. The molecule has 2 heterocycles. The average molecular weight is 231 g/mol. The van der Waals surface area contributed by atoms with Gasteiger partial charge in [-0.15, -0.1) is 0 Å². The van der Waals surface area contributed by atoms with Gasteiger partial charge < -0.3 is 4.74 Å². The highest BCUT2D eigenvalue weighted by Crippen LogP contribution is 2.27. The molecule has 0 aliphatic carbocycles. The Hall–Kier alpha value is -1.08. The monoisotopic (exact) mass is 231 g/mol. The third-order valence-electron chi connectivity index (χ3n) is 2.53. The first-order valence-electron chi connectivity index (χ1n) is 4.73. The Morgan fingerprint density at radius 3 is 3.07 bits per heavy atom. The third-order valence-corrected chi connectivity index (χ3v) is 3.42. The molecule has 1 atom stereocenters. The van der Waals surface area contributed by atoms with E-state index in [1.54, 1.807) is 4.68 Å². The van der Waals surface area contributed by atoms with Crippen molar-refractivity contribution in [2.75, 3.05) is 6.61 Å². The lowest BCUT2D eigenvalue weighted by atomic mass is 10.1. The molecule has 0 aromatic carbocycles. The summed E-state index contributed by atoms with van der Waals surface area (Å²) in [7, 11) is -3.73. The van der Waals surface area contributed by atoms with Gasteiger partial charge in [0.25, 0.3) is 0 Å². The normalized spacial score (nSPS) is 20.8. The summed E-state index contributed by atoms with van der Waals surface area (Å²) in [5.74, 6) is 0.646. The topological polar surface area (TPSA) is 87.2 Å². The van der Waals surface area contributed by atoms with Crippen LogP contribution in [-0.2, 0) is 16.6 Å². The van der Waals surface area contributed by atoms with E-state index in [4.69, 9.17) is 9.88 Å². The van der Waals surface area contributed by atoms with Crippen LogP contribution in [0.15, 0.2) is 11.1 Å². The standard InChI is InChI=1S/C8H13N3O3S/c1-2-6-4-11-8(14-5-6)7(3-10-11)15(9,12)13/h3,6H,2,4-5H2,1H3,(H2,9,12,13)/t6-/m0/s1. The number of hydrogen-bond acceptors (Lipinski definition) is 4. The molecule has 1 aromatic rings. The Morgan fingerprint density at radius 2 is 2.47 bits per heavy atom. The number of nitrogens with two attached hydrogens (primary N) is 1. The van der Waals surface area contributed by atoms with E-state index in [9.17, 15) is 8.42 Å². The van der Waals surface area contributed by atoms with Gasteiger partial charge in [0.1, 0.15) is 0 Å². The highest BCUT2D eigenvalue weighted by atomic mass is 32.2. The van der Waals surface area contributed by atoms with Crippen molar-refractivity contribution < 1.29 is 13.2 Å². The number of fused-ring (bicyclic) bond motifs is 1. The second-order valence-electron chi connectivity index (χ2n) is 3.63. The van der Waals surface area contributed by atoms with Crippen molar-refractivity contribution in [2.24, 2.45) is 11.1 Å². The molecule has 2 N–H and O–H groups in total. The van der Waals surface area contributed by atoms with Gasteiger partial charge in [-0.1, -0.05) is 6.92 Å². The fourth-order valence-corrected chi connectivity index (χ4v) is 2.17. The first-order chi connectivity index (χ1) is 7.02. The van der Waals surface area contributed by atoms with Crippen molar-refractivity contribution in [3.63, 3.8) is 0 Å². The number of sulfonamides is 1. The van der Waals surface area contributed by atoms with Crippen molar-refractivity contribution in [3.8, 4) is 5.88 Å². The summed E-state index contributed by atoms with van der Waals surface area (Å²) in [6.07, 6.45) is 2.21. The maximum atomic E-state index is 11.2. The van der Waals surface area contributed by atoms with Gasteiger partial charge in [0, 0.05) is 5.92 Å². The Balaban J connectivity index is 2.38. The fourth-order valence-electron chi connectivity index (χ4n) is 1.57. The molecule has 2 rings (SSSR count). The van der Waals surface area contributed by atoms with Crippen molar-refractivity contribution in [2.45, 2.75) is 24.8 Å². The molecule has 0 fully saturated rings. The van der Waals surface area contributed by atoms with Crippen molar-refractivity contribution >= 4 is 10.0 Å². The van der Waals surface area contributed by atoms with Crippen LogP contribution in [0.1, 0.15) is 13.3 Å². The minimum absolute atomic E-state index is 0.0305. The van der Waals surface area contributed by atoms with E-state index < -0.39 is 10.0 Å². The summed E-state index contributed by atoms with van der Waals surface area (Å²) >= 11 is 0. The van der Waals surface area contributed by atoms with E-state index in [-0.39, 0.29) is 10.8 Å². The molecule has 15 heavy (non-hydrogen) atoms. The molecule has 0 bridgehead atoms. The summed E-state index contributed by atoms with van der Waals surface area (Å²) in [4.78, 5) is -0.0305. The zero-order valence-electron chi connectivity index (χ0n) is 8.38. The number of primary sulfonamides is 1. The Labute approximate surface area is 88.1 Å². The molecule has 84 valence electrons. The summed E-state index contributed by atoms with van der Waals surface area (Å²) in [6.45, 7) is 3.26.